The van der Waals surface area contributed by atoms with E-state index < -0.39 is 23.1 Å². The topological polar surface area (TPSA) is 72.8 Å². The molecule has 0 bridgehead atoms. The molecule has 0 aliphatic rings. The Morgan fingerprint density at radius 1 is 1.10 bits per heavy atom. The van der Waals surface area contributed by atoms with E-state index in [9.17, 15) is 14.7 Å². The summed E-state index contributed by atoms with van der Waals surface area (Å²) < 4.78 is 9.98. The summed E-state index contributed by atoms with van der Waals surface area (Å²) in [5, 5.41) is 10.5. The molecule has 0 unspecified atom stereocenters. The maximum absolute atomic E-state index is 12.2. The van der Waals surface area contributed by atoms with Gasteiger partial charge in [0.2, 0.25) is 0 Å². The molecular weight excluding hydrogens is 272 g/mol. The van der Waals surface area contributed by atoms with Crippen molar-refractivity contribution in [2.45, 2.75) is 45.3 Å². The highest BCUT2D eigenvalue weighted by molar-refractivity contribution is 6.03. The number of rotatable bonds is 5. The Kier molecular flexibility index (Phi) is 5.49. The van der Waals surface area contributed by atoms with Gasteiger partial charge in [0.25, 0.3) is 5.60 Å². The molecule has 5 nitrogen and oxygen atoms in total. The third-order valence-corrected chi connectivity index (χ3v) is 2.65. The standard InChI is InChI=1S/C16H22O5/c1-5-20-13(17)16(19,14(18)21-15(2,3)4)11-12-9-7-6-8-10-12/h6-10,19H,5,11H2,1-4H3/t16-/m0/s1. The first-order chi connectivity index (χ1) is 9.69. The van der Waals surface area contributed by atoms with E-state index in [0.29, 0.717) is 5.56 Å². The maximum Gasteiger partial charge on any atom is 0.350 e. The van der Waals surface area contributed by atoms with Crippen LogP contribution >= 0.6 is 0 Å². The van der Waals surface area contributed by atoms with Gasteiger partial charge in [0.15, 0.2) is 0 Å². The molecule has 0 heterocycles. The minimum absolute atomic E-state index is 0.0682. The van der Waals surface area contributed by atoms with Crippen molar-refractivity contribution in [3.8, 4) is 0 Å². The zero-order valence-corrected chi connectivity index (χ0v) is 12.9. The molecule has 1 aromatic rings. The Morgan fingerprint density at radius 2 is 1.67 bits per heavy atom. The van der Waals surface area contributed by atoms with E-state index in [-0.39, 0.29) is 13.0 Å². The molecule has 0 radical (unpaired) electrons. The molecule has 0 fully saturated rings. The quantitative estimate of drug-likeness (QED) is 0.663. The minimum atomic E-state index is -2.34. The van der Waals surface area contributed by atoms with Gasteiger partial charge in [-0.2, -0.15) is 0 Å². The van der Waals surface area contributed by atoms with Crippen molar-refractivity contribution in [2.24, 2.45) is 0 Å². The van der Waals surface area contributed by atoms with Gasteiger partial charge in [-0.05, 0) is 33.3 Å². The number of carbonyl (C=O) groups is 2. The molecule has 0 saturated carbocycles. The van der Waals surface area contributed by atoms with E-state index in [1.165, 1.54) is 0 Å². The summed E-state index contributed by atoms with van der Waals surface area (Å²) in [6.07, 6.45) is -0.193. The van der Waals surface area contributed by atoms with Gasteiger partial charge in [0, 0.05) is 6.42 Å². The Balaban J connectivity index is 3.05. The van der Waals surface area contributed by atoms with Crippen LogP contribution in [0.5, 0.6) is 0 Å². The highest BCUT2D eigenvalue weighted by atomic mass is 16.6. The number of hydrogen-bond donors (Lipinski definition) is 1. The first-order valence-electron chi connectivity index (χ1n) is 6.86. The molecule has 0 aromatic heterocycles. The van der Waals surface area contributed by atoms with E-state index in [1.54, 1.807) is 58.0 Å². The smallest absolute Gasteiger partial charge is 0.350 e. The van der Waals surface area contributed by atoms with E-state index in [4.69, 9.17) is 9.47 Å². The van der Waals surface area contributed by atoms with Crippen molar-refractivity contribution in [1.29, 1.82) is 0 Å². The van der Waals surface area contributed by atoms with E-state index in [2.05, 4.69) is 0 Å². The number of benzene rings is 1. The fraction of sp³-hybridized carbons (Fsp3) is 0.500. The molecule has 1 atom stereocenters. The average molecular weight is 294 g/mol. The van der Waals surface area contributed by atoms with Gasteiger partial charge in [-0.25, -0.2) is 9.59 Å². The molecule has 0 amide bonds. The van der Waals surface area contributed by atoms with Gasteiger partial charge < -0.3 is 14.6 Å². The van der Waals surface area contributed by atoms with Crippen LogP contribution in [0.2, 0.25) is 0 Å². The zero-order valence-electron chi connectivity index (χ0n) is 12.9. The van der Waals surface area contributed by atoms with Crippen molar-refractivity contribution in [1.82, 2.24) is 0 Å². The van der Waals surface area contributed by atoms with Crippen molar-refractivity contribution in [2.75, 3.05) is 6.61 Å². The van der Waals surface area contributed by atoms with Crippen LogP contribution in [0.1, 0.15) is 33.3 Å². The third kappa shape index (κ3) is 4.86. The van der Waals surface area contributed by atoms with Gasteiger partial charge in [0.05, 0.1) is 6.61 Å². The Bertz CT molecular complexity index is 489. The molecule has 5 heteroatoms. The molecule has 21 heavy (non-hydrogen) atoms. The van der Waals surface area contributed by atoms with Crippen LogP contribution in [-0.2, 0) is 25.5 Å². The second-order valence-electron chi connectivity index (χ2n) is 5.75. The second kappa shape index (κ2) is 6.72. The number of ether oxygens (including phenoxy) is 2. The Morgan fingerprint density at radius 3 is 2.14 bits per heavy atom. The highest BCUT2D eigenvalue weighted by Crippen LogP contribution is 2.21. The van der Waals surface area contributed by atoms with Gasteiger partial charge in [-0.3, -0.25) is 0 Å². The first-order valence-corrected chi connectivity index (χ1v) is 6.86. The number of aliphatic hydroxyl groups is 1. The Hall–Kier alpha value is -1.88. The van der Waals surface area contributed by atoms with Crippen LogP contribution in [0.4, 0.5) is 0 Å². The molecule has 0 saturated heterocycles. The third-order valence-electron chi connectivity index (χ3n) is 2.65. The molecule has 0 spiro atoms. The lowest BCUT2D eigenvalue weighted by atomic mass is 9.94. The number of carbonyl (C=O) groups excluding carboxylic acids is 2. The van der Waals surface area contributed by atoms with Crippen LogP contribution in [0.25, 0.3) is 0 Å². The second-order valence-corrected chi connectivity index (χ2v) is 5.75. The number of esters is 2. The maximum atomic E-state index is 12.2. The van der Waals surface area contributed by atoms with Gasteiger partial charge in [-0.1, -0.05) is 30.3 Å². The van der Waals surface area contributed by atoms with E-state index in [1.807, 2.05) is 0 Å². The lowest BCUT2D eigenvalue weighted by Gasteiger charge is -2.28. The van der Waals surface area contributed by atoms with Crippen LogP contribution in [-0.4, -0.2) is 34.9 Å². The van der Waals surface area contributed by atoms with Gasteiger partial charge in [-0.15, -0.1) is 0 Å². The SMILES string of the molecule is CCOC(=O)[C@@](O)(Cc1ccccc1)C(=O)OC(C)(C)C. The van der Waals surface area contributed by atoms with Crippen LogP contribution in [0.3, 0.4) is 0 Å². The fourth-order valence-corrected chi connectivity index (χ4v) is 1.73. The molecule has 1 N–H and O–H groups in total. The fourth-order valence-electron chi connectivity index (χ4n) is 1.73. The van der Waals surface area contributed by atoms with Crippen molar-refractivity contribution in [3.63, 3.8) is 0 Å². The monoisotopic (exact) mass is 294 g/mol. The van der Waals surface area contributed by atoms with Crippen LogP contribution in [0.15, 0.2) is 30.3 Å². The summed E-state index contributed by atoms with van der Waals surface area (Å²) in [5.74, 6) is -2.00. The van der Waals surface area contributed by atoms with Crippen molar-refractivity contribution >= 4 is 11.9 Å². The Labute approximate surface area is 124 Å². The summed E-state index contributed by atoms with van der Waals surface area (Å²) in [6.45, 7) is 6.67. The predicted molar refractivity (Wildman–Crippen MR) is 77.6 cm³/mol. The summed E-state index contributed by atoms with van der Waals surface area (Å²) in [5.41, 5.74) is -2.52. The van der Waals surface area contributed by atoms with Gasteiger partial charge in [0.1, 0.15) is 5.60 Å². The zero-order chi connectivity index (χ0) is 16.1. The predicted octanol–water partition coefficient (Wildman–Crippen LogP) is 1.86. The lowest BCUT2D eigenvalue weighted by molar-refractivity contribution is -0.190. The van der Waals surface area contributed by atoms with Gasteiger partial charge >= 0.3 is 11.9 Å². The average Bonchev–Trinajstić information content (AvgIpc) is 2.38. The van der Waals surface area contributed by atoms with Crippen LogP contribution < -0.4 is 0 Å². The number of hydrogen-bond acceptors (Lipinski definition) is 5. The van der Waals surface area contributed by atoms with E-state index >= 15 is 0 Å². The minimum Gasteiger partial charge on any atom is -0.463 e. The summed E-state index contributed by atoms with van der Waals surface area (Å²) >= 11 is 0. The van der Waals surface area contributed by atoms with Crippen LogP contribution in [0, 0.1) is 0 Å². The summed E-state index contributed by atoms with van der Waals surface area (Å²) in [6, 6.07) is 8.76. The molecular formula is C16H22O5. The summed E-state index contributed by atoms with van der Waals surface area (Å²) in [7, 11) is 0. The lowest BCUT2D eigenvalue weighted by Crippen LogP contribution is -2.52. The highest BCUT2D eigenvalue weighted by Gasteiger charge is 2.48. The molecule has 0 aliphatic carbocycles. The largest absolute Gasteiger partial charge is 0.463 e. The molecule has 1 rings (SSSR count). The molecule has 116 valence electrons. The molecule has 0 aliphatic heterocycles. The molecule has 1 aromatic carbocycles. The van der Waals surface area contributed by atoms with Crippen molar-refractivity contribution < 1.29 is 24.2 Å². The first kappa shape index (κ1) is 17.2. The van der Waals surface area contributed by atoms with E-state index in [0.717, 1.165) is 0 Å². The summed E-state index contributed by atoms with van der Waals surface area (Å²) in [4.78, 5) is 24.3. The van der Waals surface area contributed by atoms with Crippen molar-refractivity contribution in [3.05, 3.63) is 35.9 Å². The normalized spacial score (nSPS) is 14.1.